The average Bonchev–Trinajstić information content (AvgIpc) is 2.84. The van der Waals surface area contributed by atoms with Crippen molar-refractivity contribution in [1.82, 2.24) is 19.6 Å². The Morgan fingerprint density at radius 1 is 1.44 bits per heavy atom. The maximum absolute atomic E-state index is 12.1. The molecule has 2 aromatic rings. The molecule has 0 aliphatic rings. The van der Waals surface area contributed by atoms with Crippen molar-refractivity contribution in [2.75, 3.05) is 5.32 Å². The van der Waals surface area contributed by atoms with E-state index in [9.17, 15) is 8.78 Å². The predicted molar refractivity (Wildman–Crippen MR) is 66.0 cm³/mol. The molecule has 8 heteroatoms. The Bertz CT molecular complexity index is 482. The monoisotopic (exact) mass is 277 g/mol. The number of hydrogen-bond donors (Lipinski definition) is 1. The molecule has 18 heavy (non-hydrogen) atoms. The highest BCUT2D eigenvalue weighted by Crippen LogP contribution is 2.06. The van der Waals surface area contributed by atoms with Gasteiger partial charge in [0.15, 0.2) is 0 Å². The third kappa shape index (κ3) is 3.99. The first-order chi connectivity index (χ1) is 8.13. The van der Waals surface area contributed by atoms with Gasteiger partial charge in [0, 0.05) is 37.6 Å². The summed E-state index contributed by atoms with van der Waals surface area (Å²) in [5.74, 6) is 0.745. The molecule has 0 aromatic carbocycles. The zero-order valence-electron chi connectivity index (χ0n) is 9.75. The van der Waals surface area contributed by atoms with E-state index in [2.05, 4.69) is 15.5 Å². The van der Waals surface area contributed by atoms with E-state index in [4.69, 9.17) is 0 Å². The molecule has 0 unspecified atom stereocenters. The van der Waals surface area contributed by atoms with E-state index in [1.54, 1.807) is 17.1 Å². The summed E-state index contributed by atoms with van der Waals surface area (Å²) >= 11 is 0. The number of aromatic nitrogens is 4. The molecule has 0 fully saturated rings. The Morgan fingerprint density at radius 2 is 2.22 bits per heavy atom. The van der Waals surface area contributed by atoms with Crippen molar-refractivity contribution in [3.8, 4) is 0 Å². The first-order valence-corrected chi connectivity index (χ1v) is 5.16. The molecule has 2 rings (SSSR count). The van der Waals surface area contributed by atoms with Crippen LogP contribution in [-0.2, 0) is 20.1 Å². The zero-order chi connectivity index (χ0) is 12.3. The molecular weight excluding hydrogens is 264 g/mol. The first kappa shape index (κ1) is 14.4. The van der Waals surface area contributed by atoms with Crippen LogP contribution < -0.4 is 5.32 Å². The molecule has 1 N–H and O–H groups in total. The fraction of sp³-hybridized carbons (Fsp3) is 0.400. The molecule has 0 spiro atoms. The maximum Gasteiger partial charge on any atom is 0.257 e. The lowest BCUT2D eigenvalue weighted by Crippen LogP contribution is -2.06. The van der Waals surface area contributed by atoms with Crippen LogP contribution >= 0.6 is 12.4 Å². The Balaban J connectivity index is 0.00000162. The number of hydrogen-bond acceptors (Lipinski definition) is 3. The molecule has 100 valence electrons. The molecule has 2 heterocycles. The quantitative estimate of drug-likeness (QED) is 0.908. The van der Waals surface area contributed by atoms with Crippen LogP contribution in [0.25, 0.3) is 0 Å². The molecule has 0 saturated carbocycles. The second-order valence-corrected chi connectivity index (χ2v) is 3.69. The summed E-state index contributed by atoms with van der Waals surface area (Å²) in [6.07, 6.45) is 2.61. The predicted octanol–water partition coefficient (Wildman–Crippen LogP) is 1.92. The van der Waals surface area contributed by atoms with Crippen molar-refractivity contribution in [3.63, 3.8) is 0 Å². The largest absolute Gasteiger partial charge is 0.364 e. The van der Waals surface area contributed by atoms with Gasteiger partial charge in [0.1, 0.15) is 12.4 Å². The lowest BCUT2D eigenvalue weighted by Gasteiger charge is -2.00. The number of halogens is 3. The van der Waals surface area contributed by atoms with E-state index >= 15 is 0 Å². The number of aryl methyl sites for hydroxylation is 1. The van der Waals surface area contributed by atoms with Crippen LogP contribution in [-0.4, -0.2) is 26.0 Å². The molecule has 0 aliphatic carbocycles. The Kier molecular flexibility index (Phi) is 5.08. The number of nitrogens with zero attached hydrogens (tertiary/aromatic N) is 4. The minimum atomic E-state index is -2.38. The third-order valence-corrected chi connectivity index (χ3v) is 2.20. The summed E-state index contributed by atoms with van der Waals surface area (Å²) in [6, 6.07) is 1.84. The van der Waals surface area contributed by atoms with E-state index in [0.29, 0.717) is 6.54 Å². The van der Waals surface area contributed by atoms with Gasteiger partial charge in [-0.3, -0.25) is 9.36 Å². The molecule has 0 radical (unpaired) electrons. The zero-order valence-corrected chi connectivity index (χ0v) is 10.6. The van der Waals surface area contributed by atoms with Crippen LogP contribution in [0, 0.1) is 0 Å². The normalized spacial score (nSPS) is 10.4. The van der Waals surface area contributed by atoms with Gasteiger partial charge in [-0.1, -0.05) is 0 Å². The van der Waals surface area contributed by atoms with E-state index in [0.717, 1.165) is 11.4 Å². The molecule has 0 saturated heterocycles. The van der Waals surface area contributed by atoms with Crippen molar-refractivity contribution < 1.29 is 8.78 Å². The molecule has 0 aliphatic heterocycles. The smallest absolute Gasteiger partial charge is 0.257 e. The van der Waals surface area contributed by atoms with Crippen LogP contribution in [0.1, 0.15) is 5.56 Å². The highest BCUT2D eigenvalue weighted by Gasteiger charge is 2.05. The number of rotatable bonds is 5. The summed E-state index contributed by atoms with van der Waals surface area (Å²) < 4.78 is 27.1. The summed E-state index contributed by atoms with van der Waals surface area (Å²) in [5.41, 5.74) is 0.844. The van der Waals surface area contributed by atoms with Crippen LogP contribution in [0.2, 0.25) is 0 Å². The fourth-order valence-electron chi connectivity index (χ4n) is 1.44. The lowest BCUT2D eigenvalue weighted by molar-refractivity contribution is 0.122. The van der Waals surface area contributed by atoms with Crippen LogP contribution in [0.15, 0.2) is 24.7 Å². The Morgan fingerprint density at radius 3 is 2.83 bits per heavy atom. The van der Waals surface area contributed by atoms with Crippen LogP contribution in [0.4, 0.5) is 14.6 Å². The van der Waals surface area contributed by atoms with Gasteiger partial charge >= 0.3 is 0 Å². The highest BCUT2D eigenvalue weighted by molar-refractivity contribution is 5.85. The standard InChI is InChI=1S/C10H13F2N5.ClH/c1-16-3-2-10(15-16)13-4-8-5-14-17(6-8)7-9(11)12;/h2-3,5-6,9H,4,7H2,1H3,(H,13,15);1H. The maximum atomic E-state index is 12.1. The van der Waals surface area contributed by atoms with Crippen LogP contribution in [0.5, 0.6) is 0 Å². The average molecular weight is 278 g/mol. The summed E-state index contributed by atoms with van der Waals surface area (Å²) in [5, 5.41) is 11.1. The minimum absolute atomic E-state index is 0. The van der Waals surface area contributed by atoms with Crippen molar-refractivity contribution >= 4 is 18.2 Å². The van der Waals surface area contributed by atoms with Gasteiger partial charge in [-0.25, -0.2) is 8.78 Å². The van der Waals surface area contributed by atoms with Gasteiger partial charge < -0.3 is 5.32 Å². The topological polar surface area (TPSA) is 47.7 Å². The summed E-state index contributed by atoms with van der Waals surface area (Å²) in [4.78, 5) is 0. The van der Waals surface area contributed by atoms with Gasteiger partial charge in [-0.05, 0) is 0 Å². The molecule has 0 atom stereocenters. The van der Waals surface area contributed by atoms with Gasteiger partial charge in [0.25, 0.3) is 6.43 Å². The fourth-order valence-corrected chi connectivity index (χ4v) is 1.44. The first-order valence-electron chi connectivity index (χ1n) is 5.16. The second-order valence-electron chi connectivity index (χ2n) is 3.69. The highest BCUT2D eigenvalue weighted by atomic mass is 35.5. The Labute approximate surface area is 109 Å². The number of alkyl halides is 2. The second kappa shape index (κ2) is 6.34. The van der Waals surface area contributed by atoms with E-state index in [-0.39, 0.29) is 19.0 Å². The number of anilines is 1. The Hall–Kier alpha value is -1.63. The minimum Gasteiger partial charge on any atom is -0.364 e. The summed E-state index contributed by atoms with van der Waals surface area (Å²) in [6.45, 7) is 0.143. The van der Waals surface area contributed by atoms with Gasteiger partial charge in [0.05, 0.1) is 6.20 Å². The molecule has 5 nitrogen and oxygen atoms in total. The third-order valence-electron chi connectivity index (χ3n) is 2.20. The number of nitrogens with one attached hydrogen (secondary N) is 1. The molecule has 0 bridgehead atoms. The van der Waals surface area contributed by atoms with E-state index in [1.807, 2.05) is 19.3 Å². The van der Waals surface area contributed by atoms with Crippen molar-refractivity contribution in [1.29, 1.82) is 0 Å². The molecule has 0 amide bonds. The van der Waals surface area contributed by atoms with E-state index < -0.39 is 6.43 Å². The SMILES string of the molecule is Cl.Cn1ccc(NCc2cnn(CC(F)F)c2)n1. The van der Waals surface area contributed by atoms with Crippen molar-refractivity contribution in [2.24, 2.45) is 7.05 Å². The van der Waals surface area contributed by atoms with Crippen molar-refractivity contribution in [3.05, 3.63) is 30.2 Å². The van der Waals surface area contributed by atoms with E-state index in [1.165, 1.54) is 4.68 Å². The van der Waals surface area contributed by atoms with Gasteiger partial charge in [-0.2, -0.15) is 10.2 Å². The summed E-state index contributed by atoms with van der Waals surface area (Å²) in [7, 11) is 1.83. The molecule has 2 aromatic heterocycles. The van der Waals surface area contributed by atoms with Crippen molar-refractivity contribution in [2.45, 2.75) is 19.5 Å². The molecular formula is C10H14ClF2N5. The van der Waals surface area contributed by atoms with Gasteiger partial charge in [0.2, 0.25) is 0 Å². The lowest BCUT2D eigenvalue weighted by atomic mass is 10.3. The van der Waals surface area contributed by atoms with Crippen LogP contribution in [0.3, 0.4) is 0 Å². The van der Waals surface area contributed by atoms with Gasteiger partial charge in [-0.15, -0.1) is 12.4 Å².